The van der Waals surface area contributed by atoms with E-state index < -0.39 is 5.91 Å². The number of hydrogen-bond acceptors (Lipinski definition) is 3. The van der Waals surface area contributed by atoms with Crippen LogP contribution in [0.4, 0.5) is 0 Å². The Bertz CT molecular complexity index is 762. The summed E-state index contributed by atoms with van der Waals surface area (Å²) in [4.78, 5) is 11.6. The van der Waals surface area contributed by atoms with E-state index in [4.69, 9.17) is 27.9 Å². The molecule has 2 aromatic carbocycles. The maximum Gasteiger partial charge on any atom is 0.277 e. The molecule has 124 valence electrons. The van der Waals surface area contributed by atoms with Gasteiger partial charge in [-0.2, -0.15) is 5.10 Å². The van der Waals surface area contributed by atoms with Gasteiger partial charge in [-0.15, -0.1) is 0 Å². The molecular formula is C17H13BrCl2N2O2. The number of rotatable bonds is 6. The molecule has 0 aliphatic rings. The zero-order valence-corrected chi connectivity index (χ0v) is 15.5. The van der Waals surface area contributed by atoms with E-state index in [9.17, 15) is 4.79 Å². The largest absolute Gasteiger partial charge is 0.482 e. The van der Waals surface area contributed by atoms with Crippen molar-refractivity contribution in [2.24, 2.45) is 5.10 Å². The predicted molar refractivity (Wildman–Crippen MR) is 102 cm³/mol. The summed E-state index contributed by atoms with van der Waals surface area (Å²) in [5.41, 5.74) is 3.38. The highest BCUT2D eigenvalue weighted by Crippen LogP contribution is 2.27. The van der Waals surface area contributed by atoms with Crippen molar-refractivity contribution in [3.8, 4) is 5.75 Å². The third-order valence-electron chi connectivity index (χ3n) is 2.76. The molecule has 0 bridgehead atoms. The zero-order chi connectivity index (χ0) is 17.4. The quantitative estimate of drug-likeness (QED) is 0.523. The van der Waals surface area contributed by atoms with Gasteiger partial charge in [-0.3, -0.25) is 4.79 Å². The highest BCUT2D eigenvalue weighted by Gasteiger charge is 2.05. The molecule has 0 spiro atoms. The number of benzene rings is 2. The van der Waals surface area contributed by atoms with Crippen LogP contribution in [0.2, 0.25) is 10.0 Å². The van der Waals surface area contributed by atoms with Crippen molar-refractivity contribution in [3.63, 3.8) is 0 Å². The van der Waals surface area contributed by atoms with Crippen LogP contribution < -0.4 is 10.2 Å². The number of allylic oxidation sites excluding steroid dienone is 1. The summed E-state index contributed by atoms with van der Waals surface area (Å²) in [6, 6.07) is 12.6. The summed E-state index contributed by atoms with van der Waals surface area (Å²) in [5, 5.41) is 4.64. The van der Waals surface area contributed by atoms with Crippen LogP contribution >= 0.6 is 39.1 Å². The second-order valence-corrected chi connectivity index (χ2v) is 6.35. The van der Waals surface area contributed by atoms with Crippen LogP contribution in [-0.2, 0) is 4.79 Å². The van der Waals surface area contributed by atoms with E-state index in [-0.39, 0.29) is 6.61 Å². The lowest BCUT2D eigenvalue weighted by molar-refractivity contribution is -0.123. The Balaban J connectivity index is 1.75. The molecule has 0 saturated heterocycles. The Morgan fingerprint density at radius 3 is 2.67 bits per heavy atom. The van der Waals surface area contributed by atoms with E-state index >= 15 is 0 Å². The van der Waals surface area contributed by atoms with E-state index in [2.05, 4.69) is 26.5 Å². The summed E-state index contributed by atoms with van der Waals surface area (Å²) in [6.45, 7) is -0.199. The molecule has 1 amide bonds. The van der Waals surface area contributed by atoms with E-state index in [0.717, 1.165) is 10.0 Å². The first-order chi connectivity index (χ1) is 11.5. The molecule has 0 heterocycles. The molecule has 0 aliphatic heterocycles. The summed E-state index contributed by atoms with van der Waals surface area (Å²) in [5.74, 6) is -0.00959. The third kappa shape index (κ3) is 6.35. The van der Waals surface area contributed by atoms with Crippen molar-refractivity contribution in [2.45, 2.75) is 0 Å². The molecule has 2 rings (SSSR count). The van der Waals surface area contributed by atoms with Crippen LogP contribution in [0.1, 0.15) is 5.56 Å². The Morgan fingerprint density at radius 1 is 1.21 bits per heavy atom. The lowest BCUT2D eigenvalue weighted by Gasteiger charge is -2.06. The van der Waals surface area contributed by atoms with Crippen molar-refractivity contribution >= 4 is 57.3 Å². The molecular weight excluding hydrogens is 415 g/mol. The lowest BCUT2D eigenvalue weighted by atomic mass is 10.2. The van der Waals surface area contributed by atoms with Crippen LogP contribution in [0.5, 0.6) is 5.75 Å². The molecule has 0 fully saturated rings. The molecule has 0 unspecified atom stereocenters. The molecule has 0 aliphatic carbocycles. The Labute approximate surface area is 158 Å². The van der Waals surface area contributed by atoms with Gasteiger partial charge in [0.05, 0.1) is 5.02 Å². The first-order valence-electron chi connectivity index (χ1n) is 6.86. The summed E-state index contributed by atoms with van der Waals surface area (Å²) in [7, 11) is 0. The highest BCUT2D eigenvalue weighted by molar-refractivity contribution is 9.10. The van der Waals surface area contributed by atoms with Crippen LogP contribution in [0.15, 0.2) is 58.1 Å². The number of nitrogens with one attached hydrogen (secondary N) is 1. The van der Waals surface area contributed by atoms with Gasteiger partial charge in [-0.25, -0.2) is 5.43 Å². The predicted octanol–water partition coefficient (Wildman–Crippen LogP) is 4.95. The molecule has 4 nitrogen and oxygen atoms in total. The molecule has 0 atom stereocenters. The average molecular weight is 428 g/mol. The standard InChI is InChI=1S/C17H13BrCl2N2O2/c18-13-5-3-12(4-6-13)2-1-9-21-22-17(23)11-24-16-8-7-14(19)10-15(16)20/h1-10H,11H2,(H,22,23)/b2-1+,21-9-. The number of carbonyl (C=O) groups is 1. The Hall–Kier alpha value is -1.82. The molecule has 24 heavy (non-hydrogen) atoms. The topological polar surface area (TPSA) is 50.7 Å². The number of halogens is 3. The number of ether oxygens (including phenoxy) is 1. The van der Waals surface area contributed by atoms with Crippen LogP contribution in [0.3, 0.4) is 0 Å². The maximum atomic E-state index is 11.6. The fourth-order valence-corrected chi connectivity index (χ4v) is 2.38. The third-order valence-corrected chi connectivity index (χ3v) is 3.82. The average Bonchev–Trinajstić information content (AvgIpc) is 2.55. The number of hydrogen-bond donors (Lipinski definition) is 1. The fraction of sp³-hybridized carbons (Fsp3) is 0.0588. The van der Waals surface area contributed by atoms with E-state index in [1.165, 1.54) is 6.21 Å². The molecule has 0 aromatic heterocycles. The van der Waals surface area contributed by atoms with Crippen molar-refractivity contribution in [1.82, 2.24) is 5.43 Å². The Kier molecular flexibility index (Phi) is 7.31. The van der Waals surface area contributed by atoms with Crippen LogP contribution in [0.25, 0.3) is 6.08 Å². The smallest absolute Gasteiger partial charge is 0.277 e. The van der Waals surface area contributed by atoms with Crippen LogP contribution in [-0.4, -0.2) is 18.7 Å². The summed E-state index contributed by atoms with van der Waals surface area (Å²) < 4.78 is 6.31. The second kappa shape index (κ2) is 9.47. The van der Waals surface area contributed by atoms with E-state index in [1.54, 1.807) is 24.3 Å². The molecule has 7 heteroatoms. The van der Waals surface area contributed by atoms with Gasteiger partial charge in [0.2, 0.25) is 0 Å². The van der Waals surface area contributed by atoms with Gasteiger partial charge in [0, 0.05) is 15.7 Å². The van der Waals surface area contributed by atoms with Crippen molar-refractivity contribution < 1.29 is 9.53 Å². The number of carbonyl (C=O) groups excluding carboxylic acids is 1. The minimum atomic E-state index is -0.394. The number of nitrogens with zero attached hydrogens (tertiary/aromatic N) is 1. The minimum Gasteiger partial charge on any atom is -0.482 e. The van der Waals surface area contributed by atoms with Gasteiger partial charge in [0.25, 0.3) is 5.91 Å². The molecule has 2 aromatic rings. The van der Waals surface area contributed by atoms with Gasteiger partial charge in [-0.05, 0) is 42.0 Å². The van der Waals surface area contributed by atoms with Gasteiger partial charge in [-0.1, -0.05) is 57.3 Å². The van der Waals surface area contributed by atoms with Crippen molar-refractivity contribution in [1.29, 1.82) is 0 Å². The zero-order valence-electron chi connectivity index (χ0n) is 12.4. The van der Waals surface area contributed by atoms with E-state index in [1.807, 2.05) is 30.3 Å². The lowest BCUT2D eigenvalue weighted by Crippen LogP contribution is -2.24. The molecule has 0 saturated carbocycles. The summed E-state index contributed by atoms with van der Waals surface area (Å²) >= 11 is 15.1. The normalized spacial score (nSPS) is 11.1. The van der Waals surface area contributed by atoms with Gasteiger partial charge in [0.15, 0.2) is 6.61 Å². The molecule has 1 N–H and O–H groups in total. The minimum absolute atomic E-state index is 0.199. The van der Waals surface area contributed by atoms with Gasteiger partial charge in [0.1, 0.15) is 5.75 Å². The SMILES string of the molecule is O=C(COc1ccc(Cl)cc1Cl)N/N=C\C=C\c1ccc(Br)cc1. The van der Waals surface area contributed by atoms with Crippen molar-refractivity contribution in [3.05, 3.63) is 68.6 Å². The molecule has 0 radical (unpaired) electrons. The van der Waals surface area contributed by atoms with Gasteiger partial charge >= 0.3 is 0 Å². The Morgan fingerprint density at radius 2 is 1.96 bits per heavy atom. The first kappa shape index (κ1) is 18.5. The highest BCUT2D eigenvalue weighted by atomic mass is 79.9. The monoisotopic (exact) mass is 426 g/mol. The van der Waals surface area contributed by atoms with Crippen LogP contribution in [0, 0.1) is 0 Å². The number of amides is 1. The van der Waals surface area contributed by atoms with Crippen molar-refractivity contribution in [2.75, 3.05) is 6.61 Å². The van der Waals surface area contributed by atoms with E-state index in [0.29, 0.717) is 15.8 Å². The number of hydrazone groups is 1. The fourth-order valence-electron chi connectivity index (χ4n) is 1.65. The van der Waals surface area contributed by atoms with Gasteiger partial charge < -0.3 is 4.74 Å². The first-order valence-corrected chi connectivity index (χ1v) is 8.41. The summed E-state index contributed by atoms with van der Waals surface area (Å²) in [6.07, 6.45) is 5.07. The maximum absolute atomic E-state index is 11.6. The second-order valence-electron chi connectivity index (χ2n) is 4.59.